The van der Waals surface area contributed by atoms with Crippen LogP contribution in [-0.2, 0) is 0 Å². The Hall–Kier alpha value is -1.85. The molecule has 0 aliphatic carbocycles. The third kappa shape index (κ3) is 4.41. The smallest absolute Gasteiger partial charge is 0.289 e. The molecule has 1 aliphatic rings. The molecule has 6 heteroatoms. The van der Waals surface area contributed by atoms with Gasteiger partial charge in [-0.25, -0.2) is 4.39 Å². The van der Waals surface area contributed by atoms with Crippen LogP contribution in [0.25, 0.3) is 11.3 Å². The number of hydrogen-bond acceptors (Lipinski definition) is 3. The van der Waals surface area contributed by atoms with Crippen molar-refractivity contribution in [3.8, 4) is 11.3 Å². The maximum Gasteiger partial charge on any atom is 0.289 e. The number of hydrogen-bond donors (Lipinski definition) is 1. The Bertz CT molecular complexity index is 698. The molecule has 25 heavy (non-hydrogen) atoms. The highest BCUT2D eigenvalue weighted by atomic mass is 35.5. The zero-order chi connectivity index (χ0) is 16.9. The van der Waals surface area contributed by atoms with E-state index in [0.29, 0.717) is 17.9 Å². The van der Waals surface area contributed by atoms with Gasteiger partial charge in [0.05, 0.1) is 5.56 Å². The van der Waals surface area contributed by atoms with Crippen molar-refractivity contribution in [2.75, 3.05) is 19.6 Å². The lowest BCUT2D eigenvalue weighted by Gasteiger charge is -2.34. The number of benzene rings is 1. The monoisotopic (exact) mass is 366 g/mol. The molecule has 4 nitrogen and oxygen atoms in total. The number of piperidine rings is 1. The van der Waals surface area contributed by atoms with Gasteiger partial charge >= 0.3 is 0 Å². The molecule has 136 valence electrons. The van der Waals surface area contributed by atoms with Crippen LogP contribution < -0.4 is 5.32 Å². The van der Waals surface area contributed by atoms with Gasteiger partial charge in [0.15, 0.2) is 5.76 Å². The van der Waals surface area contributed by atoms with Gasteiger partial charge in [-0.3, -0.25) is 4.79 Å². The van der Waals surface area contributed by atoms with E-state index in [1.54, 1.807) is 30.3 Å². The van der Waals surface area contributed by atoms with Crippen LogP contribution in [0.15, 0.2) is 40.8 Å². The van der Waals surface area contributed by atoms with Gasteiger partial charge in [0.2, 0.25) is 0 Å². The summed E-state index contributed by atoms with van der Waals surface area (Å²) in [7, 11) is 0. The van der Waals surface area contributed by atoms with Gasteiger partial charge in [-0.2, -0.15) is 0 Å². The molecule has 1 N–H and O–H groups in total. The van der Waals surface area contributed by atoms with Crippen molar-refractivity contribution in [1.29, 1.82) is 0 Å². The number of halogens is 2. The largest absolute Gasteiger partial charge is 0.451 e. The maximum atomic E-state index is 13.9. The summed E-state index contributed by atoms with van der Waals surface area (Å²) in [6.07, 6.45) is 2.80. The molecule has 0 bridgehead atoms. The fourth-order valence-corrected chi connectivity index (χ4v) is 3.21. The van der Waals surface area contributed by atoms with Gasteiger partial charge in [-0.15, -0.1) is 12.4 Å². The van der Waals surface area contributed by atoms with Crippen molar-refractivity contribution >= 4 is 18.3 Å². The minimum absolute atomic E-state index is 0. The fraction of sp³-hybridized carbons (Fsp3) is 0.421. The average molecular weight is 367 g/mol. The van der Waals surface area contributed by atoms with E-state index in [1.807, 2.05) is 4.90 Å². The first kappa shape index (κ1) is 19.5. The summed E-state index contributed by atoms with van der Waals surface area (Å²) in [6.45, 7) is 4.63. The van der Waals surface area contributed by atoms with Gasteiger partial charge in [0.25, 0.3) is 5.91 Å². The van der Waals surface area contributed by atoms with Crippen molar-refractivity contribution in [1.82, 2.24) is 10.2 Å². The van der Waals surface area contributed by atoms with E-state index in [1.165, 1.54) is 6.07 Å². The summed E-state index contributed by atoms with van der Waals surface area (Å²) in [5, 5.41) is 3.32. The Balaban J connectivity index is 0.00000225. The molecule has 0 saturated carbocycles. The molecule has 0 spiro atoms. The standard InChI is InChI=1S/C19H23FN2O2.ClH/c1-2-13-22(14-9-11-21-12-10-14)19(23)18-8-7-17(24-18)15-5-3-4-6-16(15)20;/h3-8,14,21H,2,9-13H2,1H3;1H. The van der Waals surface area contributed by atoms with E-state index in [9.17, 15) is 9.18 Å². The van der Waals surface area contributed by atoms with Gasteiger partial charge in [0.1, 0.15) is 11.6 Å². The normalized spacial score (nSPS) is 14.8. The SMILES string of the molecule is CCCN(C(=O)c1ccc(-c2ccccc2F)o1)C1CCNCC1.Cl. The van der Waals surface area contributed by atoms with Gasteiger partial charge < -0.3 is 14.6 Å². The number of amides is 1. The van der Waals surface area contributed by atoms with Crippen molar-refractivity contribution in [2.24, 2.45) is 0 Å². The zero-order valence-corrected chi connectivity index (χ0v) is 15.2. The first-order valence-electron chi connectivity index (χ1n) is 8.57. The van der Waals surface area contributed by atoms with Crippen molar-refractivity contribution in [3.05, 3.63) is 48.0 Å². The van der Waals surface area contributed by atoms with Crippen LogP contribution in [0.3, 0.4) is 0 Å². The van der Waals surface area contributed by atoms with E-state index in [-0.39, 0.29) is 35.9 Å². The Morgan fingerprint density at radius 1 is 1.24 bits per heavy atom. The van der Waals surface area contributed by atoms with E-state index >= 15 is 0 Å². The molecule has 0 radical (unpaired) electrons. The first-order chi connectivity index (χ1) is 11.7. The van der Waals surface area contributed by atoms with E-state index in [2.05, 4.69) is 12.2 Å². The summed E-state index contributed by atoms with van der Waals surface area (Å²) in [5.74, 6) is 0.208. The molecule has 1 aromatic heterocycles. The highest BCUT2D eigenvalue weighted by Crippen LogP contribution is 2.26. The van der Waals surface area contributed by atoms with Crippen LogP contribution in [-0.4, -0.2) is 36.5 Å². The molecule has 1 aliphatic heterocycles. The predicted octanol–water partition coefficient (Wildman–Crippen LogP) is 4.11. The second-order valence-electron chi connectivity index (χ2n) is 6.12. The predicted molar refractivity (Wildman–Crippen MR) is 98.6 cm³/mol. The molecule has 1 fully saturated rings. The fourth-order valence-electron chi connectivity index (χ4n) is 3.21. The van der Waals surface area contributed by atoms with Crippen molar-refractivity contribution in [3.63, 3.8) is 0 Å². The molecule has 1 aromatic carbocycles. The molecule has 0 unspecified atom stereocenters. The lowest BCUT2D eigenvalue weighted by Crippen LogP contribution is -2.46. The lowest BCUT2D eigenvalue weighted by atomic mass is 10.0. The summed E-state index contributed by atoms with van der Waals surface area (Å²) in [5.41, 5.74) is 0.375. The van der Waals surface area contributed by atoms with E-state index in [0.717, 1.165) is 32.4 Å². The number of carbonyl (C=O) groups is 1. The van der Waals surface area contributed by atoms with E-state index < -0.39 is 0 Å². The molecule has 3 rings (SSSR count). The topological polar surface area (TPSA) is 45.5 Å². The van der Waals surface area contributed by atoms with Crippen LogP contribution in [0.4, 0.5) is 4.39 Å². The maximum absolute atomic E-state index is 13.9. The van der Waals surface area contributed by atoms with Gasteiger partial charge in [-0.1, -0.05) is 19.1 Å². The van der Waals surface area contributed by atoms with Crippen LogP contribution in [0.1, 0.15) is 36.7 Å². The highest BCUT2D eigenvalue weighted by molar-refractivity contribution is 5.92. The second kappa shape index (κ2) is 9.02. The van der Waals surface area contributed by atoms with Crippen LogP contribution in [0.5, 0.6) is 0 Å². The molecule has 1 saturated heterocycles. The Morgan fingerprint density at radius 2 is 1.96 bits per heavy atom. The summed E-state index contributed by atoms with van der Waals surface area (Å²) < 4.78 is 19.6. The summed E-state index contributed by atoms with van der Waals surface area (Å²) in [4.78, 5) is 14.8. The molecule has 1 amide bonds. The number of rotatable bonds is 5. The molecule has 2 heterocycles. The van der Waals surface area contributed by atoms with Gasteiger partial charge in [-0.05, 0) is 56.6 Å². The Morgan fingerprint density at radius 3 is 2.64 bits per heavy atom. The molecular formula is C19H24ClFN2O2. The third-order valence-corrected chi connectivity index (χ3v) is 4.43. The molecule has 0 atom stereocenters. The van der Waals surface area contributed by atoms with Crippen molar-refractivity contribution in [2.45, 2.75) is 32.2 Å². The highest BCUT2D eigenvalue weighted by Gasteiger charge is 2.27. The molecule has 2 aromatic rings. The van der Waals surface area contributed by atoms with Crippen LogP contribution in [0, 0.1) is 5.82 Å². The minimum atomic E-state index is -0.352. The van der Waals surface area contributed by atoms with Crippen LogP contribution in [0.2, 0.25) is 0 Å². The molecular weight excluding hydrogens is 343 g/mol. The van der Waals surface area contributed by atoms with Crippen molar-refractivity contribution < 1.29 is 13.6 Å². The number of carbonyl (C=O) groups excluding carboxylic acids is 1. The third-order valence-electron chi connectivity index (χ3n) is 4.43. The zero-order valence-electron chi connectivity index (χ0n) is 14.3. The number of furan rings is 1. The average Bonchev–Trinajstić information content (AvgIpc) is 3.10. The second-order valence-corrected chi connectivity index (χ2v) is 6.12. The quantitative estimate of drug-likeness (QED) is 0.866. The lowest BCUT2D eigenvalue weighted by molar-refractivity contribution is 0.0611. The van der Waals surface area contributed by atoms with Gasteiger partial charge in [0, 0.05) is 12.6 Å². The Kier molecular flexibility index (Phi) is 7.02. The van der Waals surface area contributed by atoms with Crippen LogP contribution >= 0.6 is 12.4 Å². The summed E-state index contributed by atoms with van der Waals surface area (Å²) in [6, 6.07) is 9.97. The van der Waals surface area contributed by atoms with E-state index in [4.69, 9.17) is 4.42 Å². The number of nitrogens with one attached hydrogen (secondary N) is 1. The Labute approximate surface area is 153 Å². The minimum Gasteiger partial charge on any atom is -0.451 e. The number of nitrogens with zero attached hydrogens (tertiary/aromatic N) is 1. The summed E-state index contributed by atoms with van der Waals surface area (Å²) >= 11 is 0. The first-order valence-corrected chi connectivity index (χ1v) is 8.57.